The Labute approximate surface area is 402 Å². The smallest absolute Gasteiger partial charge is 0.262 e. The van der Waals surface area contributed by atoms with Crippen LogP contribution in [0.2, 0.25) is 0 Å². The summed E-state index contributed by atoms with van der Waals surface area (Å²) in [6, 6.07) is 78.4. The Morgan fingerprint density at radius 2 is 0.829 bits per heavy atom. The minimum Gasteiger partial charge on any atom is -0.458 e. The fourth-order valence-electron chi connectivity index (χ4n) is 12.4. The molecule has 6 heterocycles. The Balaban J connectivity index is 1.01. The molecule has 0 bridgehead atoms. The summed E-state index contributed by atoms with van der Waals surface area (Å²) in [4.78, 5) is 16.7. The normalized spacial score (nSPS) is 13.1. The third kappa shape index (κ3) is 4.95. The molecule has 70 heavy (non-hydrogen) atoms. The predicted octanol–water partition coefficient (Wildman–Crippen LogP) is 9.30. The number of nitrogens with zero attached hydrogens (tertiary/aromatic N) is 5. The molecule has 7 nitrogen and oxygen atoms in total. The van der Waals surface area contributed by atoms with Gasteiger partial charge in [0, 0.05) is 32.6 Å². The van der Waals surface area contributed by atoms with Crippen molar-refractivity contribution >= 4 is 106 Å². The summed E-state index contributed by atoms with van der Waals surface area (Å²) in [6.07, 6.45) is 0. The van der Waals surface area contributed by atoms with Gasteiger partial charge in [0.2, 0.25) is 11.9 Å². The molecule has 324 valence electrons. The monoisotopic (exact) mass is 909 g/mol. The van der Waals surface area contributed by atoms with Crippen molar-refractivity contribution < 1.29 is 9.47 Å². The number of rotatable bonds is 7. The van der Waals surface area contributed by atoms with Gasteiger partial charge in [-0.3, -0.25) is 9.13 Å². The molecule has 0 fully saturated rings. The highest BCUT2D eigenvalue weighted by molar-refractivity contribution is 7.20. The van der Waals surface area contributed by atoms with Crippen molar-refractivity contribution in [1.29, 1.82) is 0 Å². The van der Waals surface area contributed by atoms with Crippen molar-refractivity contribution in [3.05, 3.63) is 218 Å². The van der Waals surface area contributed by atoms with Crippen LogP contribution in [0.5, 0.6) is 23.0 Å². The zero-order valence-electron chi connectivity index (χ0n) is 37.4. The Kier molecular flexibility index (Phi) is 7.60. The quantitative estimate of drug-likeness (QED) is 0.118. The zero-order chi connectivity index (χ0) is 45.7. The van der Waals surface area contributed by atoms with Crippen LogP contribution in [0.25, 0.3) is 77.7 Å². The van der Waals surface area contributed by atoms with E-state index in [1.807, 2.05) is 6.07 Å². The Bertz CT molecular complexity index is 4220. The topological polar surface area (TPSA) is 67.0 Å². The van der Waals surface area contributed by atoms with E-state index in [1.165, 1.54) is 37.0 Å². The number of para-hydroxylation sites is 2. The van der Waals surface area contributed by atoms with Gasteiger partial charge in [0.15, 0.2) is 13.9 Å². The average molecular weight is 910 g/mol. The van der Waals surface area contributed by atoms with Crippen molar-refractivity contribution in [1.82, 2.24) is 24.1 Å². The highest BCUT2D eigenvalue weighted by Crippen LogP contribution is 2.45. The van der Waals surface area contributed by atoms with Crippen LogP contribution in [0.15, 0.2) is 218 Å². The molecule has 0 spiro atoms. The van der Waals surface area contributed by atoms with Crippen molar-refractivity contribution in [2.45, 2.75) is 0 Å². The molecule has 13 aromatic rings. The molecule has 10 aromatic carbocycles. The molecule has 3 aromatic heterocycles. The SMILES string of the molecule is c1ccc([Si](c2ccccc2)(c2ccccc2)c2cccc(-c3nc(-n4c5ccccc5c5ccccc54)nc(-n4c5ccc6c7c5c5c8c9c(ccc8ccc54)Oc4cccc(c4B97)O6)n3)c2)cc1. The van der Waals surface area contributed by atoms with Gasteiger partial charge in [-0.15, -0.1) is 0 Å². The highest BCUT2D eigenvalue weighted by atomic mass is 28.3. The molecule has 3 aliphatic rings. The minimum absolute atomic E-state index is 0.0480. The Hall–Kier alpha value is -9.05. The highest BCUT2D eigenvalue weighted by Gasteiger charge is 2.46. The Morgan fingerprint density at radius 3 is 1.46 bits per heavy atom. The molecule has 0 unspecified atom stereocenters. The molecule has 0 saturated heterocycles. The largest absolute Gasteiger partial charge is 0.458 e. The van der Waals surface area contributed by atoms with E-state index in [4.69, 9.17) is 24.4 Å². The van der Waals surface area contributed by atoms with Gasteiger partial charge in [-0.1, -0.05) is 170 Å². The van der Waals surface area contributed by atoms with Gasteiger partial charge in [0.1, 0.15) is 23.0 Å². The van der Waals surface area contributed by atoms with Crippen LogP contribution >= 0.6 is 0 Å². The van der Waals surface area contributed by atoms with Crippen LogP contribution in [-0.2, 0) is 0 Å². The third-order valence-electron chi connectivity index (χ3n) is 15.2. The second kappa shape index (κ2) is 14.0. The maximum Gasteiger partial charge on any atom is 0.262 e. The maximum absolute atomic E-state index is 6.79. The number of fused-ring (bicyclic) bond motifs is 3. The van der Waals surface area contributed by atoms with Crippen LogP contribution in [-0.4, -0.2) is 38.9 Å². The molecule has 0 aliphatic carbocycles. The number of hydrogen-bond acceptors (Lipinski definition) is 5. The number of benzene rings is 10. The zero-order valence-corrected chi connectivity index (χ0v) is 38.4. The number of aromatic nitrogens is 5. The lowest BCUT2D eigenvalue weighted by Gasteiger charge is -2.35. The maximum atomic E-state index is 6.79. The molecule has 3 aliphatic heterocycles. The van der Waals surface area contributed by atoms with E-state index >= 15 is 0 Å². The van der Waals surface area contributed by atoms with Gasteiger partial charge in [0.05, 0.1) is 22.1 Å². The van der Waals surface area contributed by atoms with Gasteiger partial charge in [0.25, 0.3) is 6.71 Å². The van der Waals surface area contributed by atoms with Gasteiger partial charge in [-0.2, -0.15) is 15.0 Å². The average Bonchev–Trinajstić information content (AvgIpc) is 3.96. The van der Waals surface area contributed by atoms with E-state index in [0.29, 0.717) is 17.7 Å². The molecule has 16 rings (SSSR count). The summed E-state index contributed by atoms with van der Waals surface area (Å²) in [6.45, 7) is -0.0480. The van der Waals surface area contributed by atoms with Crippen LogP contribution in [0.3, 0.4) is 0 Å². The van der Waals surface area contributed by atoms with E-state index in [2.05, 4.69) is 221 Å². The summed E-state index contributed by atoms with van der Waals surface area (Å²) >= 11 is 0. The first-order chi connectivity index (χ1) is 34.7. The molecular formula is C61H36BN5O2Si. The van der Waals surface area contributed by atoms with E-state index in [0.717, 1.165) is 83.1 Å². The van der Waals surface area contributed by atoms with E-state index in [-0.39, 0.29) is 6.71 Å². The van der Waals surface area contributed by atoms with Gasteiger partial charge >= 0.3 is 0 Å². The van der Waals surface area contributed by atoms with Gasteiger partial charge in [-0.05, 0) is 91.0 Å². The molecule has 9 heteroatoms. The van der Waals surface area contributed by atoms with E-state index in [9.17, 15) is 0 Å². The van der Waals surface area contributed by atoms with Gasteiger partial charge < -0.3 is 9.47 Å². The van der Waals surface area contributed by atoms with E-state index < -0.39 is 8.07 Å². The summed E-state index contributed by atoms with van der Waals surface area (Å²) in [7, 11) is -2.91. The molecular weight excluding hydrogens is 874 g/mol. The second-order valence-electron chi connectivity index (χ2n) is 18.6. The number of hydrogen-bond donors (Lipinski definition) is 0. The summed E-state index contributed by atoms with van der Waals surface area (Å²) in [5.41, 5.74) is 8.39. The standard InChI is InChI=1S/C61H36BN5O2Si/c1-4-17-39(18-5-1)70(40-19-6-2-7-20-40,41-21-8-3-9-22-41)42-23-14-16-38(36-42)59-63-60(66-45-26-12-10-24-43(45)44-25-11-13-27-46(44)66)65-61(64-59)67-47-32-30-37-31-34-51-57-53(37)54(47)55-48(67)33-35-52-58(55)62(57)56-49(68-51)28-15-29-50(56)69-52/h1-36H. The predicted molar refractivity (Wildman–Crippen MR) is 286 cm³/mol. The molecule has 0 saturated carbocycles. The van der Waals surface area contributed by atoms with Crippen molar-refractivity contribution in [2.75, 3.05) is 0 Å². The second-order valence-corrected chi connectivity index (χ2v) is 22.4. The van der Waals surface area contributed by atoms with Crippen LogP contribution in [0, 0.1) is 0 Å². The van der Waals surface area contributed by atoms with Crippen molar-refractivity contribution in [3.8, 4) is 46.3 Å². The van der Waals surface area contributed by atoms with Crippen LogP contribution in [0.4, 0.5) is 0 Å². The van der Waals surface area contributed by atoms with Crippen LogP contribution in [0.1, 0.15) is 0 Å². The lowest BCUT2D eigenvalue weighted by molar-refractivity contribution is 0.465. The molecule has 0 N–H and O–H groups in total. The lowest BCUT2D eigenvalue weighted by Crippen LogP contribution is -2.74. The summed E-state index contributed by atoms with van der Waals surface area (Å²) < 4.78 is 18.0. The minimum atomic E-state index is -2.91. The summed E-state index contributed by atoms with van der Waals surface area (Å²) in [5, 5.41) is 12.1. The van der Waals surface area contributed by atoms with Crippen molar-refractivity contribution in [3.63, 3.8) is 0 Å². The first kappa shape index (κ1) is 38.0. The van der Waals surface area contributed by atoms with Crippen LogP contribution < -0.4 is 46.6 Å². The molecule has 0 amide bonds. The molecule has 0 atom stereocenters. The fourth-order valence-corrected chi connectivity index (χ4v) is 17.2. The number of ether oxygens (including phenoxy) is 2. The fraction of sp³-hybridized carbons (Fsp3) is 0. The molecule has 0 radical (unpaired) electrons. The van der Waals surface area contributed by atoms with Gasteiger partial charge in [-0.25, -0.2) is 0 Å². The first-order valence-electron chi connectivity index (χ1n) is 23.8. The first-order valence-corrected chi connectivity index (χ1v) is 25.8. The third-order valence-corrected chi connectivity index (χ3v) is 20.0. The van der Waals surface area contributed by atoms with E-state index in [1.54, 1.807) is 0 Å². The van der Waals surface area contributed by atoms with Crippen molar-refractivity contribution in [2.24, 2.45) is 0 Å². The Morgan fingerprint density at radius 1 is 0.357 bits per heavy atom. The lowest BCUT2D eigenvalue weighted by atomic mass is 9.32. The summed E-state index contributed by atoms with van der Waals surface area (Å²) in [5.74, 6) is 5.08.